The van der Waals surface area contributed by atoms with Crippen molar-refractivity contribution in [3.8, 4) is 0 Å². The van der Waals surface area contributed by atoms with Crippen molar-refractivity contribution in [1.29, 1.82) is 0 Å². The average molecular weight is 490 g/mol. The maximum atomic E-state index is 14.2. The number of nitrogens with zero attached hydrogens (tertiary/aromatic N) is 1. The molecular weight excluding hydrogens is 472 g/mol. The van der Waals surface area contributed by atoms with Gasteiger partial charge in [0.15, 0.2) is 15.7 Å². The van der Waals surface area contributed by atoms with Crippen LogP contribution < -0.4 is 0 Å². The normalized spacial score (nSPS) is 11.8. The lowest BCUT2D eigenvalue weighted by Gasteiger charge is -2.08. The van der Waals surface area contributed by atoms with E-state index in [1.54, 1.807) is 10.5 Å². The molecule has 0 fully saturated rings. The molecule has 0 bridgehead atoms. The molecule has 0 saturated heterocycles. The molecule has 0 saturated carbocycles. The first-order valence-electron chi connectivity index (χ1n) is 8.78. The Morgan fingerprint density at radius 3 is 2.53 bits per heavy atom. The average Bonchev–Trinajstić information content (AvgIpc) is 2.88. The van der Waals surface area contributed by atoms with Gasteiger partial charge in [-0.25, -0.2) is 12.8 Å². The van der Waals surface area contributed by atoms with Crippen molar-refractivity contribution in [1.82, 2.24) is 4.40 Å². The number of carbonyl (C=O) groups is 1. The number of esters is 1. The Morgan fingerprint density at radius 1 is 1.23 bits per heavy atom. The summed E-state index contributed by atoms with van der Waals surface area (Å²) in [5.74, 6) is -0.960. The van der Waals surface area contributed by atoms with Gasteiger partial charge in [0, 0.05) is 30.7 Å². The number of carbonyl (C=O) groups excluding carboxylic acids is 1. The third-order valence-corrected chi connectivity index (χ3v) is 7.59. The van der Waals surface area contributed by atoms with Crippen LogP contribution in [-0.4, -0.2) is 31.7 Å². The molecule has 0 aliphatic rings. The van der Waals surface area contributed by atoms with Gasteiger partial charge in [-0.2, -0.15) is 0 Å². The van der Waals surface area contributed by atoms with Crippen molar-refractivity contribution in [3.63, 3.8) is 0 Å². The highest BCUT2D eigenvalue weighted by Gasteiger charge is 2.20. The van der Waals surface area contributed by atoms with Crippen LogP contribution in [0.15, 0.2) is 45.3 Å². The summed E-state index contributed by atoms with van der Waals surface area (Å²) in [6.45, 7) is 3.39. The van der Waals surface area contributed by atoms with Crippen LogP contribution in [0.25, 0.3) is 5.52 Å². The van der Waals surface area contributed by atoms with Crippen molar-refractivity contribution in [2.24, 2.45) is 0 Å². The van der Waals surface area contributed by atoms with Gasteiger partial charge in [-0.1, -0.05) is 35.0 Å². The van der Waals surface area contributed by atoms with Crippen LogP contribution in [0.1, 0.15) is 18.1 Å². The van der Waals surface area contributed by atoms with Gasteiger partial charge < -0.3 is 9.14 Å². The minimum absolute atomic E-state index is 0.0131. The maximum absolute atomic E-state index is 14.2. The third kappa shape index (κ3) is 4.77. The highest BCUT2D eigenvalue weighted by Crippen LogP contribution is 2.40. The Kier molecular flexibility index (Phi) is 6.72. The van der Waals surface area contributed by atoms with Crippen LogP contribution in [0, 0.1) is 12.7 Å². The molecule has 0 aliphatic heterocycles. The Morgan fingerprint density at radius 2 is 1.93 bits per heavy atom. The van der Waals surface area contributed by atoms with Crippen molar-refractivity contribution in [2.45, 2.75) is 35.1 Å². The van der Waals surface area contributed by atoms with Crippen LogP contribution in [0.3, 0.4) is 0 Å². The molecule has 0 radical (unpaired) electrons. The van der Waals surface area contributed by atoms with Gasteiger partial charge >= 0.3 is 5.97 Å². The molecule has 10 heteroatoms. The minimum Gasteiger partial charge on any atom is -0.466 e. The van der Waals surface area contributed by atoms with Gasteiger partial charge in [-0.05, 0) is 42.3 Å². The molecule has 0 atom stereocenters. The van der Waals surface area contributed by atoms with Gasteiger partial charge in [-0.15, -0.1) is 0 Å². The SMILES string of the molecule is CC(=O)OCCc1c(C)c(Sc2ccc(S(C)(=O)=O)cc2Cl)n2cc(F)c(Cl)cc12. The lowest BCUT2D eigenvalue weighted by molar-refractivity contribution is -0.140. The van der Waals surface area contributed by atoms with E-state index < -0.39 is 15.7 Å². The largest absolute Gasteiger partial charge is 0.466 e. The summed E-state index contributed by atoms with van der Waals surface area (Å²) in [5, 5.41) is 0.960. The number of pyridine rings is 1. The predicted molar refractivity (Wildman–Crippen MR) is 116 cm³/mol. The zero-order valence-electron chi connectivity index (χ0n) is 16.3. The second-order valence-corrected chi connectivity index (χ2v) is 10.6. The molecule has 160 valence electrons. The fourth-order valence-corrected chi connectivity index (χ4v) is 5.23. The highest BCUT2D eigenvalue weighted by atomic mass is 35.5. The summed E-state index contributed by atoms with van der Waals surface area (Å²) < 4.78 is 44.4. The standard InChI is InChI=1S/C20H18Cl2FNO4S2/c1-11-14(6-7-28-12(2)25)18-9-15(21)17(23)10-24(18)20(11)29-19-5-4-13(8-16(19)22)30(3,26)27/h4-5,8-10H,6-7H2,1-3H3. The molecule has 0 N–H and O–H groups in total. The summed E-state index contributed by atoms with van der Waals surface area (Å²) in [7, 11) is -3.39. The van der Waals surface area contributed by atoms with E-state index in [-0.39, 0.29) is 27.5 Å². The Bertz CT molecular complexity index is 1260. The lowest BCUT2D eigenvalue weighted by atomic mass is 10.1. The second kappa shape index (κ2) is 8.78. The van der Waals surface area contributed by atoms with Crippen LogP contribution >= 0.6 is 35.0 Å². The molecule has 30 heavy (non-hydrogen) atoms. The Balaban J connectivity index is 2.08. The Labute approximate surface area is 188 Å². The number of fused-ring (bicyclic) bond motifs is 1. The summed E-state index contributed by atoms with van der Waals surface area (Å²) >= 11 is 13.6. The fraction of sp³-hybridized carbons (Fsp3) is 0.250. The van der Waals surface area contributed by atoms with Crippen molar-refractivity contribution < 1.29 is 22.3 Å². The van der Waals surface area contributed by atoms with Gasteiger partial charge in [0.25, 0.3) is 0 Å². The molecule has 0 unspecified atom stereocenters. The molecular formula is C20H18Cl2FNO4S2. The van der Waals surface area contributed by atoms with E-state index in [4.69, 9.17) is 27.9 Å². The number of hydrogen-bond donors (Lipinski definition) is 0. The quantitative estimate of drug-likeness (QED) is 0.436. The summed E-state index contributed by atoms with van der Waals surface area (Å²) in [4.78, 5) is 11.8. The number of aromatic nitrogens is 1. The zero-order chi connectivity index (χ0) is 22.2. The van der Waals surface area contributed by atoms with Crippen molar-refractivity contribution in [3.05, 3.63) is 57.5 Å². The van der Waals surface area contributed by atoms with Gasteiger partial charge in [0.05, 0.1) is 32.1 Å². The first kappa shape index (κ1) is 22.9. The van der Waals surface area contributed by atoms with Gasteiger partial charge in [-0.3, -0.25) is 4.79 Å². The van der Waals surface area contributed by atoms with Gasteiger partial charge in [0.1, 0.15) is 0 Å². The van der Waals surface area contributed by atoms with E-state index in [0.29, 0.717) is 21.9 Å². The van der Waals surface area contributed by atoms with E-state index in [9.17, 15) is 17.6 Å². The number of rotatable bonds is 6. The third-order valence-electron chi connectivity index (χ3n) is 4.49. The molecule has 0 spiro atoms. The van der Waals surface area contributed by atoms with E-state index in [2.05, 4.69) is 0 Å². The first-order chi connectivity index (χ1) is 14.0. The van der Waals surface area contributed by atoms with Crippen molar-refractivity contribution >= 4 is 56.3 Å². The summed E-state index contributed by atoms with van der Waals surface area (Å²) in [6, 6.07) is 6.02. The second-order valence-electron chi connectivity index (χ2n) is 6.69. The van der Waals surface area contributed by atoms with Crippen LogP contribution in [-0.2, 0) is 25.8 Å². The molecule has 0 amide bonds. The van der Waals surface area contributed by atoms with Crippen LogP contribution in [0.2, 0.25) is 10.0 Å². The fourth-order valence-electron chi connectivity index (χ4n) is 3.04. The number of sulfone groups is 1. The van der Waals surface area contributed by atoms with Crippen molar-refractivity contribution in [2.75, 3.05) is 12.9 Å². The van der Waals surface area contributed by atoms with E-state index in [0.717, 1.165) is 17.4 Å². The molecule has 5 nitrogen and oxygen atoms in total. The molecule has 3 rings (SSSR count). The molecule has 1 aromatic carbocycles. The molecule has 2 aromatic heterocycles. The van der Waals surface area contributed by atoms with Crippen LogP contribution in [0.5, 0.6) is 0 Å². The smallest absolute Gasteiger partial charge is 0.302 e. The molecule has 3 aromatic rings. The minimum atomic E-state index is -3.39. The molecule has 2 heterocycles. The predicted octanol–water partition coefficient (Wildman–Crippen LogP) is 5.35. The topological polar surface area (TPSA) is 64.9 Å². The highest BCUT2D eigenvalue weighted by molar-refractivity contribution is 7.99. The molecule has 0 aliphatic carbocycles. The summed E-state index contributed by atoms with van der Waals surface area (Å²) in [5.41, 5.74) is 2.42. The summed E-state index contributed by atoms with van der Waals surface area (Å²) in [6.07, 6.45) is 2.83. The van der Waals surface area contributed by atoms with E-state index in [1.165, 1.54) is 43.1 Å². The van der Waals surface area contributed by atoms with E-state index in [1.807, 2.05) is 6.92 Å². The lowest BCUT2D eigenvalue weighted by Crippen LogP contribution is -2.03. The number of hydrogen-bond acceptors (Lipinski definition) is 5. The zero-order valence-corrected chi connectivity index (χ0v) is 19.5. The van der Waals surface area contributed by atoms with Gasteiger partial charge in [0.2, 0.25) is 0 Å². The number of halogens is 3. The maximum Gasteiger partial charge on any atom is 0.302 e. The Hall–Kier alpha value is -1.74. The first-order valence-corrected chi connectivity index (χ1v) is 12.2. The number of ether oxygens (including phenoxy) is 1. The number of benzene rings is 1. The monoisotopic (exact) mass is 489 g/mol. The van der Waals surface area contributed by atoms with E-state index >= 15 is 0 Å². The van der Waals surface area contributed by atoms with Crippen LogP contribution in [0.4, 0.5) is 4.39 Å².